The Balaban J connectivity index is 2.47. The minimum atomic E-state index is -0.371. The summed E-state index contributed by atoms with van der Waals surface area (Å²) in [6.07, 6.45) is 4.10. The summed E-state index contributed by atoms with van der Waals surface area (Å²) in [5.41, 5.74) is 1.37. The molecule has 0 bridgehead atoms. The number of ether oxygens (including phenoxy) is 1. The maximum absolute atomic E-state index is 13.3. The lowest BCUT2D eigenvalue weighted by Crippen LogP contribution is -2.25. The van der Waals surface area contributed by atoms with E-state index in [0.29, 0.717) is 16.6 Å². The van der Waals surface area contributed by atoms with Crippen LogP contribution >= 0.6 is 11.6 Å². The Morgan fingerprint density at radius 2 is 2.10 bits per heavy atom. The molecule has 1 N–H and O–H groups in total. The van der Waals surface area contributed by atoms with Crippen LogP contribution in [0.1, 0.15) is 30.6 Å². The van der Waals surface area contributed by atoms with Gasteiger partial charge in [-0.2, -0.15) is 0 Å². The molecule has 0 aliphatic heterocycles. The lowest BCUT2D eigenvalue weighted by Gasteiger charge is -2.21. The van der Waals surface area contributed by atoms with Gasteiger partial charge in [0.2, 0.25) is 5.88 Å². The van der Waals surface area contributed by atoms with E-state index in [0.717, 1.165) is 18.5 Å². The van der Waals surface area contributed by atoms with Crippen LogP contribution in [0.15, 0.2) is 30.6 Å². The van der Waals surface area contributed by atoms with E-state index in [9.17, 15) is 4.39 Å². The van der Waals surface area contributed by atoms with Crippen LogP contribution in [-0.2, 0) is 0 Å². The fourth-order valence-electron chi connectivity index (χ4n) is 2.07. The molecule has 0 saturated heterocycles. The fourth-order valence-corrected chi connectivity index (χ4v) is 2.35. The summed E-state index contributed by atoms with van der Waals surface area (Å²) in [6.45, 7) is 2.82. The van der Waals surface area contributed by atoms with E-state index in [1.165, 1.54) is 19.2 Å². The highest BCUT2D eigenvalue weighted by Crippen LogP contribution is 2.31. The van der Waals surface area contributed by atoms with Gasteiger partial charge in [0, 0.05) is 17.4 Å². The number of rotatable bonds is 6. The van der Waals surface area contributed by atoms with Gasteiger partial charge < -0.3 is 10.1 Å². The molecule has 112 valence electrons. The summed E-state index contributed by atoms with van der Waals surface area (Å²) in [6, 6.07) is 4.02. The number of aromatic nitrogens is 2. The minimum Gasteiger partial charge on any atom is -0.480 e. The number of nitrogens with one attached hydrogen (secondary N) is 1. The summed E-state index contributed by atoms with van der Waals surface area (Å²) in [7, 11) is 1.54. The number of nitrogens with zero attached hydrogens (tertiary/aromatic N) is 2. The van der Waals surface area contributed by atoms with E-state index in [4.69, 9.17) is 16.3 Å². The number of methoxy groups -OCH3 is 1. The largest absolute Gasteiger partial charge is 0.480 e. The van der Waals surface area contributed by atoms with Gasteiger partial charge in [0.25, 0.3) is 0 Å². The van der Waals surface area contributed by atoms with Gasteiger partial charge in [-0.15, -0.1) is 0 Å². The van der Waals surface area contributed by atoms with Crippen LogP contribution in [0.3, 0.4) is 0 Å². The molecular weight excluding hydrogens is 293 g/mol. The Kier molecular flexibility index (Phi) is 5.47. The molecule has 2 rings (SSSR count). The number of hydrogen-bond donors (Lipinski definition) is 1. The molecule has 21 heavy (non-hydrogen) atoms. The summed E-state index contributed by atoms with van der Waals surface area (Å²) >= 11 is 6.18. The molecule has 1 aromatic heterocycles. The standard InChI is InChI=1S/C15H17ClFN3O/c1-3-6-18-13(11-5-4-10(17)9-12(11)16)14-15(21-2)20-8-7-19-14/h4-5,7-9,13,18H,3,6H2,1-2H3. The van der Waals surface area contributed by atoms with E-state index >= 15 is 0 Å². The second-order valence-corrected chi connectivity index (χ2v) is 4.91. The van der Waals surface area contributed by atoms with Crippen molar-refractivity contribution >= 4 is 11.6 Å². The molecule has 1 aromatic carbocycles. The summed E-state index contributed by atoms with van der Waals surface area (Å²) in [5.74, 6) is 0.0515. The molecule has 0 radical (unpaired) electrons. The number of benzene rings is 1. The molecule has 0 fully saturated rings. The van der Waals surface area contributed by atoms with Gasteiger partial charge in [0.1, 0.15) is 11.5 Å². The van der Waals surface area contributed by atoms with Crippen molar-refractivity contribution in [3.05, 3.63) is 52.7 Å². The Labute approximate surface area is 128 Å². The van der Waals surface area contributed by atoms with Crippen molar-refractivity contribution in [1.82, 2.24) is 15.3 Å². The van der Waals surface area contributed by atoms with Crippen molar-refractivity contribution in [2.45, 2.75) is 19.4 Å². The zero-order valence-corrected chi connectivity index (χ0v) is 12.7. The van der Waals surface area contributed by atoms with Crippen molar-refractivity contribution in [3.8, 4) is 5.88 Å². The van der Waals surface area contributed by atoms with Crippen LogP contribution in [0.2, 0.25) is 5.02 Å². The zero-order valence-electron chi connectivity index (χ0n) is 11.9. The topological polar surface area (TPSA) is 47.0 Å². The average Bonchev–Trinajstić information content (AvgIpc) is 2.49. The third-order valence-corrected chi connectivity index (χ3v) is 3.36. The minimum absolute atomic E-state index is 0.304. The zero-order chi connectivity index (χ0) is 15.2. The first-order valence-electron chi connectivity index (χ1n) is 6.70. The highest BCUT2D eigenvalue weighted by molar-refractivity contribution is 6.31. The number of halogens is 2. The highest BCUT2D eigenvalue weighted by Gasteiger charge is 2.22. The van der Waals surface area contributed by atoms with Gasteiger partial charge in [-0.05, 0) is 30.7 Å². The van der Waals surface area contributed by atoms with Crippen molar-refractivity contribution in [2.24, 2.45) is 0 Å². The van der Waals surface area contributed by atoms with Crippen LogP contribution in [0, 0.1) is 5.82 Å². The first-order valence-corrected chi connectivity index (χ1v) is 7.08. The third kappa shape index (κ3) is 3.68. The second-order valence-electron chi connectivity index (χ2n) is 4.50. The van der Waals surface area contributed by atoms with Crippen LogP contribution < -0.4 is 10.1 Å². The lowest BCUT2D eigenvalue weighted by atomic mass is 10.0. The molecule has 1 unspecified atom stereocenters. The lowest BCUT2D eigenvalue weighted by molar-refractivity contribution is 0.382. The molecule has 0 spiro atoms. The highest BCUT2D eigenvalue weighted by atomic mass is 35.5. The SMILES string of the molecule is CCCNC(c1ccc(F)cc1Cl)c1nccnc1OC. The Morgan fingerprint density at radius 3 is 2.76 bits per heavy atom. The van der Waals surface area contributed by atoms with E-state index < -0.39 is 0 Å². The molecule has 1 atom stereocenters. The molecule has 4 nitrogen and oxygen atoms in total. The maximum atomic E-state index is 13.3. The second kappa shape index (κ2) is 7.33. The summed E-state index contributed by atoms with van der Waals surface area (Å²) < 4.78 is 18.5. The first-order chi connectivity index (χ1) is 10.2. The van der Waals surface area contributed by atoms with Gasteiger partial charge in [-0.25, -0.2) is 9.37 Å². The van der Waals surface area contributed by atoms with Crippen molar-refractivity contribution < 1.29 is 9.13 Å². The van der Waals surface area contributed by atoms with Gasteiger partial charge in [0.15, 0.2) is 0 Å². The van der Waals surface area contributed by atoms with E-state index in [2.05, 4.69) is 22.2 Å². The quantitative estimate of drug-likeness (QED) is 0.889. The molecule has 0 aliphatic carbocycles. The van der Waals surface area contributed by atoms with Crippen LogP contribution in [0.5, 0.6) is 5.88 Å². The summed E-state index contributed by atoms with van der Waals surface area (Å²) in [5, 5.41) is 3.69. The molecule has 2 aromatic rings. The Bertz CT molecular complexity index is 609. The Morgan fingerprint density at radius 1 is 1.33 bits per heavy atom. The van der Waals surface area contributed by atoms with Crippen LogP contribution in [0.25, 0.3) is 0 Å². The normalized spacial score (nSPS) is 12.2. The van der Waals surface area contributed by atoms with E-state index in [-0.39, 0.29) is 11.9 Å². The molecule has 6 heteroatoms. The smallest absolute Gasteiger partial charge is 0.237 e. The summed E-state index contributed by atoms with van der Waals surface area (Å²) in [4.78, 5) is 8.50. The molecular formula is C15H17ClFN3O. The molecule has 1 heterocycles. The van der Waals surface area contributed by atoms with Gasteiger partial charge in [-0.1, -0.05) is 24.6 Å². The Hall–Kier alpha value is -1.72. The molecule has 0 saturated carbocycles. The van der Waals surface area contributed by atoms with Crippen molar-refractivity contribution in [1.29, 1.82) is 0 Å². The first kappa shape index (κ1) is 15.7. The van der Waals surface area contributed by atoms with Crippen molar-refractivity contribution in [2.75, 3.05) is 13.7 Å². The fraction of sp³-hybridized carbons (Fsp3) is 0.333. The monoisotopic (exact) mass is 309 g/mol. The maximum Gasteiger partial charge on any atom is 0.237 e. The van der Waals surface area contributed by atoms with Crippen LogP contribution in [-0.4, -0.2) is 23.6 Å². The van der Waals surface area contributed by atoms with Gasteiger partial charge in [0.05, 0.1) is 13.2 Å². The van der Waals surface area contributed by atoms with E-state index in [1.807, 2.05) is 0 Å². The van der Waals surface area contributed by atoms with Crippen LogP contribution in [0.4, 0.5) is 4.39 Å². The predicted molar refractivity (Wildman–Crippen MR) is 80.1 cm³/mol. The third-order valence-electron chi connectivity index (χ3n) is 3.03. The van der Waals surface area contributed by atoms with E-state index in [1.54, 1.807) is 18.5 Å². The van der Waals surface area contributed by atoms with Gasteiger partial charge in [-0.3, -0.25) is 4.98 Å². The predicted octanol–water partition coefficient (Wildman–Crippen LogP) is 3.37. The molecule has 0 amide bonds. The average molecular weight is 310 g/mol. The number of hydrogen-bond acceptors (Lipinski definition) is 4. The van der Waals surface area contributed by atoms with Crippen molar-refractivity contribution in [3.63, 3.8) is 0 Å². The van der Waals surface area contributed by atoms with Gasteiger partial charge >= 0.3 is 0 Å². The molecule has 0 aliphatic rings.